The minimum Gasteiger partial charge on any atom is -0.338 e. The van der Waals surface area contributed by atoms with Gasteiger partial charge in [0.25, 0.3) is 0 Å². The second-order valence-corrected chi connectivity index (χ2v) is 8.31. The van der Waals surface area contributed by atoms with Gasteiger partial charge in [-0.05, 0) is 81.0 Å². The minimum absolute atomic E-state index is 0.124. The molecular formula is C21H26FN3O2. The van der Waals surface area contributed by atoms with Gasteiger partial charge in [-0.2, -0.15) is 0 Å². The fourth-order valence-electron chi connectivity index (χ4n) is 4.52. The van der Waals surface area contributed by atoms with Gasteiger partial charge in [-0.15, -0.1) is 0 Å². The Morgan fingerprint density at radius 1 is 1.22 bits per heavy atom. The molecule has 2 aliphatic rings. The van der Waals surface area contributed by atoms with Crippen LogP contribution in [0.3, 0.4) is 0 Å². The highest BCUT2D eigenvalue weighted by Gasteiger charge is 2.46. The van der Waals surface area contributed by atoms with Crippen LogP contribution in [0.25, 0.3) is 0 Å². The van der Waals surface area contributed by atoms with Crippen LogP contribution >= 0.6 is 0 Å². The molecule has 1 aromatic heterocycles. The summed E-state index contributed by atoms with van der Waals surface area (Å²) in [6.07, 6.45) is 4.18. The Kier molecular flexibility index (Phi) is 4.44. The number of carbonyl (C=O) groups excluding carboxylic acids is 1. The van der Waals surface area contributed by atoms with Gasteiger partial charge in [-0.25, -0.2) is 9.18 Å². The van der Waals surface area contributed by atoms with E-state index in [0.717, 1.165) is 61.2 Å². The lowest BCUT2D eigenvalue weighted by molar-refractivity contribution is 0.0289. The number of nitrogens with one attached hydrogen (secondary N) is 1. The molecule has 0 unspecified atom stereocenters. The second-order valence-electron chi connectivity index (χ2n) is 8.31. The molecule has 2 heterocycles. The molecule has 0 radical (unpaired) electrons. The number of aromatic nitrogens is 1. The smallest absolute Gasteiger partial charge is 0.324 e. The summed E-state index contributed by atoms with van der Waals surface area (Å²) >= 11 is 0. The summed E-state index contributed by atoms with van der Waals surface area (Å²) in [7, 11) is 0. The van der Waals surface area contributed by atoms with E-state index in [0.29, 0.717) is 17.2 Å². The molecule has 2 aromatic rings. The van der Waals surface area contributed by atoms with Crippen LogP contribution in [-0.2, 0) is 0 Å². The molecule has 0 atom stereocenters. The Morgan fingerprint density at radius 3 is 2.52 bits per heavy atom. The average Bonchev–Trinajstić information content (AvgIpc) is 2.91. The molecular weight excluding hydrogens is 345 g/mol. The first-order chi connectivity index (χ1) is 12.8. The zero-order valence-electron chi connectivity index (χ0n) is 16.1. The van der Waals surface area contributed by atoms with E-state index in [9.17, 15) is 9.18 Å². The molecule has 0 bridgehead atoms. The number of likely N-dealkylation sites (tertiary alicyclic amines) is 1. The maximum absolute atomic E-state index is 13.7. The first-order valence-corrected chi connectivity index (χ1v) is 9.61. The number of benzene rings is 1. The van der Waals surface area contributed by atoms with Crippen molar-refractivity contribution >= 4 is 11.9 Å². The number of carbonyl (C=O) groups is 1. The van der Waals surface area contributed by atoms with E-state index < -0.39 is 0 Å². The number of hydrogen-bond donors (Lipinski definition) is 1. The third-order valence-corrected chi connectivity index (χ3v) is 6.38. The van der Waals surface area contributed by atoms with E-state index >= 15 is 0 Å². The van der Waals surface area contributed by atoms with E-state index in [1.54, 1.807) is 12.1 Å². The Hall–Kier alpha value is -2.37. The van der Waals surface area contributed by atoms with E-state index in [2.05, 4.69) is 16.5 Å². The fraction of sp³-hybridized carbons (Fsp3) is 0.524. The summed E-state index contributed by atoms with van der Waals surface area (Å²) in [4.78, 5) is 14.3. The third-order valence-electron chi connectivity index (χ3n) is 6.38. The summed E-state index contributed by atoms with van der Waals surface area (Å²) in [6.45, 7) is 7.16. The predicted molar refractivity (Wildman–Crippen MR) is 101 cm³/mol. The van der Waals surface area contributed by atoms with E-state index in [1.165, 1.54) is 0 Å². The zero-order valence-corrected chi connectivity index (χ0v) is 16.1. The van der Waals surface area contributed by atoms with Crippen LogP contribution in [-0.4, -0.2) is 29.2 Å². The average molecular weight is 371 g/mol. The molecule has 1 saturated heterocycles. The summed E-state index contributed by atoms with van der Waals surface area (Å²) in [5.41, 5.74) is 4.06. The van der Waals surface area contributed by atoms with Crippen molar-refractivity contribution in [3.05, 3.63) is 46.4 Å². The maximum Gasteiger partial charge on any atom is 0.324 e. The van der Waals surface area contributed by atoms with Crippen LogP contribution in [0.2, 0.25) is 0 Å². The second kappa shape index (κ2) is 6.66. The topological polar surface area (TPSA) is 58.4 Å². The molecule has 6 heteroatoms. The SMILES string of the molecule is Cc1cc(F)cc(C2CC3(CCN(C(=O)Nc4onc(C)c4C)CC3)C2)c1. The van der Waals surface area contributed by atoms with Crippen molar-refractivity contribution in [1.82, 2.24) is 10.1 Å². The largest absolute Gasteiger partial charge is 0.338 e. The van der Waals surface area contributed by atoms with Gasteiger partial charge in [0, 0.05) is 18.7 Å². The monoisotopic (exact) mass is 371 g/mol. The fourth-order valence-corrected chi connectivity index (χ4v) is 4.52. The number of nitrogens with zero attached hydrogens (tertiary/aromatic N) is 2. The van der Waals surface area contributed by atoms with Crippen LogP contribution in [0.4, 0.5) is 15.1 Å². The Balaban J connectivity index is 1.32. The summed E-state index contributed by atoms with van der Waals surface area (Å²) in [5.74, 6) is 0.734. The van der Waals surface area contributed by atoms with Crippen LogP contribution in [0.5, 0.6) is 0 Å². The van der Waals surface area contributed by atoms with Crippen molar-refractivity contribution in [1.29, 1.82) is 0 Å². The van der Waals surface area contributed by atoms with E-state index in [-0.39, 0.29) is 11.8 Å². The van der Waals surface area contributed by atoms with Crippen molar-refractivity contribution < 1.29 is 13.7 Å². The number of piperidine rings is 1. The van der Waals surface area contributed by atoms with Gasteiger partial charge < -0.3 is 9.42 Å². The molecule has 1 aliphatic carbocycles. The van der Waals surface area contributed by atoms with Gasteiger partial charge in [-0.1, -0.05) is 11.2 Å². The van der Waals surface area contributed by atoms with Crippen molar-refractivity contribution in [3.8, 4) is 0 Å². The molecule has 4 rings (SSSR count). The number of halogens is 1. The van der Waals surface area contributed by atoms with Gasteiger partial charge in [-0.3, -0.25) is 5.32 Å². The number of amides is 2. The lowest BCUT2D eigenvalue weighted by atomic mass is 9.56. The highest BCUT2D eigenvalue weighted by Crippen LogP contribution is 2.56. The zero-order chi connectivity index (χ0) is 19.2. The highest BCUT2D eigenvalue weighted by molar-refractivity contribution is 5.88. The van der Waals surface area contributed by atoms with Crippen molar-refractivity contribution in [2.24, 2.45) is 5.41 Å². The van der Waals surface area contributed by atoms with Crippen LogP contribution in [0.1, 0.15) is 54.0 Å². The number of anilines is 1. The molecule has 27 heavy (non-hydrogen) atoms. The van der Waals surface area contributed by atoms with Crippen molar-refractivity contribution in [2.45, 2.75) is 52.4 Å². The Morgan fingerprint density at radius 2 is 1.93 bits per heavy atom. The molecule has 1 aromatic carbocycles. The minimum atomic E-state index is -0.143. The van der Waals surface area contributed by atoms with E-state index in [4.69, 9.17) is 4.52 Å². The Labute approximate surface area is 158 Å². The number of hydrogen-bond acceptors (Lipinski definition) is 3. The van der Waals surface area contributed by atoms with Gasteiger partial charge in [0.1, 0.15) is 5.82 Å². The molecule has 1 N–H and O–H groups in total. The lowest BCUT2D eigenvalue weighted by Gasteiger charge is -2.52. The van der Waals surface area contributed by atoms with Gasteiger partial charge >= 0.3 is 6.03 Å². The molecule has 1 saturated carbocycles. The molecule has 2 fully saturated rings. The van der Waals surface area contributed by atoms with Crippen LogP contribution in [0, 0.1) is 32.0 Å². The Bertz CT molecular complexity index is 840. The molecule has 2 amide bonds. The maximum atomic E-state index is 13.7. The standard InChI is InChI=1S/C21H26FN3O2/c1-13-8-16(10-18(22)9-13)17-11-21(12-17)4-6-25(7-5-21)20(26)23-19-14(2)15(3)24-27-19/h8-10,17H,4-7,11-12H2,1-3H3,(H,23,26). The summed E-state index contributed by atoms with van der Waals surface area (Å²) < 4.78 is 18.8. The highest BCUT2D eigenvalue weighted by atomic mass is 19.1. The third kappa shape index (κ3) is 3.45. The van der Waals surface area contributed by atoms with Crippen molar-refractivity contribution in [3.63, 3.8) is 0 Å². The van der Waals surface area contributed by atoms with Crippen LogP contribution in [0.15, 0.2) is 22.7 Å². The number of rotatable bonds is 2. The number of aryl methyl sites for hydroxylation is 2. The van der Waals surface area contributed by atoms with Crippen LogP contribution < -0.4 is 5.32 Å². The summed E-state index contributed by atoms with van der Waals surface area (Å²) in [6, 6.07) is 5.23. The normalized spacial score (nSPS) is 19.2. The first kappa shape index (κ1) is 18.0. The lowest BCUT2D eigenvalue weighted by Crippen LogP contribution is -2.49. The number of urea groups is 1. The van der Waals surface area contributed by atoms with E-state index in [1.807, 2.05) is 25.7 Å². The summed E-state index contributed by atoms with van der Waals surface area (Å²) in [5, 5.41) is 6.70. The van der Waals surface area contributed by atoms with Gasteiger partial charge in [0.15, 0.2) is 0 Å². The molecule has 5 nitrogen and oxygen atoms in total. The van der Waals surface area contributed by atoms with Gasteiger partial charge in [0.2, 0.25) is 5.88 Å². The first-order valence-electron chi connectivity index (χ1n) is 9.61. The van der Waals surface area contributed by atoms with Gasteiger partial charge in [0.05, 0.1) is 5.69 Å². The molecule has 1 spiro atoms. The quantitative estimate of drug-likeness (QED) is 0.814. The molecule has 144 valence electrons. The molecule has 1 aliphatic heterocycles. The predicted octanol–water partition coefficient (Wildman–Crippen LogP) is 4.93. The van der Waals surface area contributed by atoms with Crippen molar-refractivity contribution in [2.75, 3.05) is 18.4 Å².